The van der Waals surface area contributed by atoms with Crippen LogP contribution < -0.4 is 10.6 Å². The van der Waals surface area contributed by atoms with Crippen molar-refractivity contribution in [2.75, 3.05) is 19.6 Å². The number of nitrogens with zero attached hydrogens (tertiary/aromatic N) is 1. The van der Waals surface area contributed by atoms with Gasteiger partial charge in [-0.25, -0.2) is 0 Å². The average Bonchev–Trinajstić information content (AvgIpc) is 2.84. The number of carbonyl (C=O) groups excluding carboxylic acids is 2. The van der Waals surface area contributed by atoms with Gasteiger partial charge < -0.3 is 15.7 Å². The number of likely N-dealkylation sites (tertiary alicyclic amines) is 1. The highest BCUT2D eigenvalue weighted by Gasteiger charge is 2.18. The topological polar surface area (TPSA) is 81.7 Å². The third-order valence-corrected chi connectivity index (χ3v) is 6.19. The fourth-order valence-electron chi connectivity index (χ4n) is 4.21. The van der Waals surface area contributed by atoms with E-state index in [0.29, 0.717) is 12.1 Å². The van der Waals surface area contributed by atoms with Crippen LogP contribution in [0.1, 0.15) is 40.7 Å². The van der Waals surface area contributed by atoms with Gasteiger partial charge in [-0.15, -0.1) is 0 Å². The summed E-state index contributed by atoms with van der Waals surface area (Å²) in [5.74, 6) is -0.268. The summed E-state index contributed by atoms with van der Waals surface area (Å²) in [7, 11) is 0. The molecule has 172 valence electrons. The van der Waals surface area contributed by atoms with Crippen molar-refractivity contribution in [2.24, 2.45) is 0 Å². The molecule has 0 spiro atoms. The molecule has 1 fully saturated rings. The second kappa shape index (κ2) is 11.1. The largest absolute Gasteiger partial charge is 0.393 e. The van der Waals surface area contributed by atoms with Gasteiger partial charge in [0.1, 0.15) is 0 Å². The van der Waals surface area contributed by atoms with Gasteiger partial charge in [0, 0.05) is 44.7 Å². The molecule has 0 aliphatic carbocycles. The van der Waals surface area contributed by atoms with Crippen molar-refractivity contribution < 1.29 is 14.7 Å². The molecule has 0 unspecified atom stereocenters. The molecule has 3 aromatic rings. The molecular formula is C27H31N3O3. The summed E-state index contributed by atoms with van der Waals surface area (Å²) >= 11 is 0. The lowest BCUT2D eigenvalue weighted by atomic mass is 10.0. The van der Waals surface area contributed by atoms with Crippen molar-refractivity contribution in [3.05, 3.63) is 83.4 Å². The maximum atomic E-state index is 12.4. The molecule has 0 saturated carbocycles. The number of rotatable bonds is 8. The van der Waals surface area contributed by atoms with Gasteiger partial charge in [0.05, 0.1) is 6.10 Å². The van der Waals surface area contributed by atoms with Crippen LogP contribution in [-0.2, 0) is 17.9 Å². The number of hydrogen-bond acceptors (Lipinski definition) is 4. The van der Waals surface area contributed by atoms with E-state index in [1.807, 2.05) is 54.6 Å². The molecule has 3 aromatic carbocycles. The Morgan fingerprint density at radius 1 is 0.879 bits per heavy atom. The summed E-state index contributed by atoms with van der Waals surface area (Å²) in [6.07, 6.45) is 1.66. The SMILES string of the molecule is O=C(CCNC(=O)c1ccc2ccccc2c1)NCc1ccccc1CN1CCC(O)CC1. The van der Waals surface area contributed by atoms with E-state index in [2.05, 4.69) is 21.6 Å². The van der Waals surface area contributed by atoms with Crippen molar-refractivity contribution in [1.82, 2.24) is 15.5 Å². The monoisotopic (exact) mass is 445 g/mol. The second-order valence-corrected chi connectivity index (χ2v) is 8.62. The third kappa shape index (κ3) is 6.40. The Labute approximate surface area is 194 Å². The molecule has 0 atom stereocenters. The van der Waals surface area contributed by atoms with E-state index < -0.39 is 0 Å². The van der Waals surface area contributed by atoms with Gasteiger partial charge in [-0.1, -0.05) is 54.6 Å². The Kier molecular flexibility index (Phi) is 7.70. The van der Waals surface area contributed by atoms with Crippen LogP contribution in [0.25, 0.3) is 10.8 Å². The van der Waals surface area contributed by atoms with E-state index >= 15 is 0 Å². The number of carbonyl (C=O) groups is 2. The summed E-state index contributed by atoms with van der Waals surface area (Å²) in [5, 5.41) is 17.6. The summed E-state index contributed by atoms with van der Waals surface area (Å²) in [4.78, 5) is 27.1. The summed E-state index contributed by atoms with van der Waals surface area (Å²) in [6, 6.07) is 21.6. The van der Waals surface area contributed by atoms with Gasteiger partial charge in [-0.3, -0.25) is 14.5 Å². The van der Waals surface area contributed by atoms with Gasteiger partial charge in [0.15, 0.2) is 0 Å². The quantitative estimate of drug-likeness (QED) is 0.497. The van der Waals surface area contributed by atoms with E-state index in [0.717, 1.165) is 48.8 Å². The van der Waals surface area contributed by atoms with Crippen molar-refractivity contribution in [3.8, 4) is 0 Å². The second-order valence-electron chi connectivity index (χ2n) is 8.62. The molecule has 33 heavy (non-hydrogen) atoms. The third-order valence-electron chi connectivity index (χ3n) is 6.19. The van der Waals surface area contributed by atoms with E-state index in [-0.39, 0.29) is 30.9 Å². The number of aliphatic hydroxyl groups excluding tert-OH is 1. The van der Waals surface area contributed by atoms with Crippen molar-refractivity contribution in [1.29, 1.82) is 0 Å². The first kappa shape index (κ1) is 23.0. The molecule has 1 aliphatic heterocycles. The van der Waals surface area contributed by atoms with Gasteiger partial charge >= 0.3 is 0 Å². The number of fused-ring (bicyclic) bond motifs is 1. The van der Waals surface area contributed by atoms with Crippen LogP contribution in [0.2, 0.25) is 0 Å². The summed E-state index contributed by atoms with van der Waals surface area (Å²) in [6.45, 7) is 3.34. The minimum atomic E-state index is -0.183. The van der Waals surface area contributed by atoms with Crippen molar-refractivity contribution in [2.45, 2.75) is 38.5 Å². The first-order valence-corrected chi connectivity index (χ1v) is 11.6. The first-order chi connectivity index (χ1) is 16.1. The van der Waals surface area contributed by atoms with Crippen LogP contribution in [0, 0.1) is 0 Å². The van der Waals surface area contributed by atoms with E-state index in [9.17, 15) is 14.7 Å². The van der Waals surface area contributed by atoms with Crippen LogP contribution in [0.4, 0.5) is 0 Å². The van der Waals surface area contributed by atoms with E-state index in [4.69, 9.17) is 0 Å². The Bertz CT molecular complexity index is 1110. The van der Waals surface area contributed by atoms with Gasteiger partial charge in [-0.2, -0.15) is 0 Å². The highest BCUT2D eigenvalue weighted by Crippen LogP contribution is 2.17. The zero-order valence-electron chi connectivity index (χ0n) is 18.8. The minimum Gasteiger partial charge on any atom is -0.393 e. The Morgan fingerprint density at radius 2 is 1.58 bits per heavy atom. The molecule has 6 heteroatoms. The Hall–Kier alpha value is -3.22. The highest BCUT2D eigenvalue weighted by atomic mass is 16.3. The molecule has 2 amide bonds. The molecule has 1 saturated heterocycles. The van der Waals surface area contributed by atoms with E-state index in [1.54, 1.807) is 6.07 Å². The number of hydrogen-bond donors (Lipinski definition) is 3. The van der Waals surface area contributed by atoms with Crippen LogP contribution >= 0.6 is 0 Å². The van der Waals surface area contributed by atoms with Crippen molar-refractivity contribution in [3.63, 3.8) is 0 Å². The molecule has 6 nitrogen and oxygen atoms in total. The van der Waals surface area contributed by atoms with Crippen LogP contribution in [0.5, 0.6) is 0 Å². The molecule has 0 aromatic heterocycles. The number of piperidine rings is 1. The molecule has 3 N–H and O–H groups in total. The number of benzene rings is 3. The van der Waals surface area contributed by atoms with Gasteiger partial charge in [0.25, 0.3) is 5.91 Å². The number of aliphatic hydroxyl groups is 1. The minimum absolute atomic E-state index is 0.0929. The highest BCUT2D eigenvalue weighted by molar-refractivity contribution is 5.98. The lowest BCUT2D eigenvalue weighted by Crippen LogP contribution is -2.35. The number of nitrogens with one attached hydrogen (secondary N) is 2. The lowest BCUT2D eigenvalue weighted by molar-refractivity contribution is -0.121. The van der Waals surface area contributed by atoms with Crippen LogP contribution in [0.3, 0.4) is 0 Å². The van der Waals surface area contributed by atoms with E-state index in [1.165, 1.54) is 5.56 Å². The fraction of sp³-hybridized carbons (Fsp3) is 0.333. The standard InChI is InChI=1S/C27H31N3O3/c31-25-12-15-30(16-13-25)19-24-8-4-3-7-23(24)18-29-26(32)11-14-28-27(33)22-10-9-20-5-1-2-6-21(20)17-22/h1-10,17,25,31H,11-16,18-19H2,(H,28,33)(H,29,32). The molecule has 0 bridgehead atoms. The Balaban J connectivity index is 1.23. The summed E-state index contributed by atoms with van der Waals surface area (Å²) in [5.41, 5.74) is 2.88. The zero-order valence-corrected chi connectivity index (χ0v) is 18.8. The molecule has 0 radical (unpaired) electrons. The van der Waals surface area contributed by atoms with Crippen molar-refractivity contribution >= 4 is 22.6 Å². The smallest absolute Gasteiger partial charge is 0.251 e. The number of amides is 2. The molecular weight excluding hydrogens is 414 g/mol. The van der Waals surface area contributed by atoms with Crippen LogP contribution in [-0.4, -0.2) is 47.6 Å². The molecule has 4 rings (SSSR count). The summed E-state index contributed by atoms with van der Waals surface area (Å²) < 4.78 is 0. The lowest BCUT2D eigenvalue weighted by Gasteiger charge is -2.30. The maximum absolute atomic E-state index is 12.4. The van der Waals surface area contributed by atoms with Gasteiger partial charge in [-0.05, 0) is 46.9 Å². The van der Waals surface area contributed by atoms with Gasteiger partial charge in [0.2, 0.25) is 5.91 Å². The fourth-order valence-corrected chi connectivity index (χ4v) is 4.21. The zero-order chi connectivity index (χ0) is 23.0. The molecule has 1 aliphatic rings. The predicted octanol–water partition coefficient (Wildman–Crippen LogP) is 3.23. The predicted molar refractivity (Wildman–Crippen MR) is 130 cm³/mol. The molecule has 1 heterocycles. The normalized spacial score (nSPS) is 14.8. The van der Waals surface area contributed by atoms with Crippen LogP contribution in [0.15, 0.2) is 66.7 Å². The maximum Gasteiger partial charge on any atom is 0.251 e. The first-order valence-electron chi connectivity index (χ1n) is 11.6. The Morgan fingerprint density at radius 3 is 2.36 bits per heavy atom. The average molecular weight is 446 g/mol.